The van der Waals surface area contributed by atoms with Gasteiger partial charge in [-0.3, -0.25) is 0 Å². The van der Waals surface area contributed by atoms with Crippen molar-refractivity contribution in [3.05, 3.63) is 35.1 Å². The maximum Gasteiger partial charge on any atom is 0.128 e. The van der Waals surface area contributed by atoms with Gasteiger partial charge in [0, 0.05) is 11.6 Å². The molecule has 1 nitrogen and oxygen atoms in total. The summed E-state index contributed by atoms with van der Waals surface area (Å²) >= 11 is 0. The molecule has 0 bridgehead atoms. The number of halogens is 1. The lowest BCUT2D eigenvalue weighted by Gasteiger charge is -2.15. The van der Waals surface area contributed by atoms with Gasteiger partial charge in [-0.2, -0.15) is 0 Å². The number of hydrogen-bond donors (Lipinski definition) is 1. The van der Waals surface area contributed by atoms with Gasteiger partial charge in [-0.1, -0.05) is 19.1 Å². The third-order valence-corrected chi connectivity index (χ3v) is 2.93. The molecular formula is C12H16FN. The van der Waals surface area contributed by atoms with Crippen molar-refractivity contribution < 1.29 is 4.39 Å². The number of nitrogens with one attached hydrogen (secondary N) is 1. The highest BCUT2D eigenvalue weighted by Gasteiger charge is 2.21. The fraction of sp³-hybridized carbons (Fsp3) is 0.500. The van der Waals surface area contributed by atoms with Crippen LogP contribution in [-0.2, 0) is 6.42 Å². The van der Waals surface area contributed by atoms with Gasteiger partial charge in [0.05, 0.1) is 0 Å². The van der Waals surface area contributed by atoms with Gasteiger partial charge >= 0.3 is 0 Å². The molecule has 0 saturated carbocycles. The average molecular weight is 193 g/mol. The van der Waals surface area contributed by atoms with E-state index in [-0.39, 0.29) is 11.9 Å². The van der Waals surface area contributed by atoms with Gasteiger partial charge in [0.15, 0.2) is 0 Å². The molecule has 1 aromatic rings. The van der Waals surface area contributed by atoms with Crippen LogP contribution in [0.2, 0.25) is 0 Å². The Morgan fingerprint density at radius 1 is 1.50 bits per heavy atom. The predicted octanol–water partition coefficient (Wildman–Crippen LogP) is 2.81. The molecule has 0 amide bonds. The molecule has 1 aliphatic heterocycles. The van der Waals surface area contributed by atoms with E-state index in [1.165, 1.54) is 0 Å². The summed E-state index contributed by atoms with van der Waals surface area (Å²) < 4.78 is 13.6. The van der Waals surface area contributed by atoms with Gasteiger partial charge in [0.25, 0.3) is 0 Å². The second-order valence-electron chi connectivity index (χ2n) is 3.82. The Kier molecular flexibility index (Phi) is 2.82. The Labute approximate surface area is 84.3 Å². The van der Waals surface area contributed by atoms with Crippen LogP contribution >= 0.6 is 0 Å². The third kappa shape index (κ3) is 1.67. The zero-order valence-electron chi connectivity index (χ0n) is 8.52. The van der Waals surface area contributed by atoms with Crippen molar-refractivity contribution in [3.8, 4) is 0 Å². The lowest BCUT2D eigenvalue weighted by Crippen LogP contribution is -2.16. The molecule has 0 aromatic heterocycles. The van der Waals surface area contributed by atoms with Gasteiger partial charge in [-0.05, 0) is 37.4 Å². The summed E-state index contributed by atoms with van der Waals surface area (Å²) in [6, 6.07) is 5.63. The lowest BCUT2D eigenvalue weighted by molar-refractivity contribution is 0.553. The van der Waals surface area contributed by atoms with Crippen LogP contribution in [0.25, 0.3) is 0 Å². The zero-order chi connectivity index (χ0) is 9.97. The second kappa shape index (κ2) is 4.09. The molecule has 0 radical (unpaired) electrons. The Hall–Kier alpha value is -0.890. The van der Waals surface area contributed by atoms with Crippen LogP contribution in [0, 0.1) is 5.82 Å². The minimum absolute atomic E-state index is 0.0521. The van der Waals surface area contributed by atoms with E-state index in [9.17, 15) is 4.39 Å². The molecule has 0 aliphatic carbocycles. The van der Waals surface area contributed by atoms with Crippen LogP contribution < -0.4 is 5.32 Å². The molecule has 1 unspecified atom stereocenters. The van der Waals surface area contributed by atoms with Crippen molar-refractivity contribution >= 4 is 0 Å². The van der Waals surface area contributed by atoms with Crippen molar-refractivity contribution in [2.24, 2.45) is 0 Å². The summed E-state index contributed by atoms with van der Waals surface area (Å²) in [7, 11) is 0. The smallest absolute Gasteiger partial charge is 0.128 e. The summed E-state index contributed by atoms with van der Waals surface area (Å²) in [6.07, 6.45) is 3.13. The van der Waals surface area contributed by atoms with E-state index < -0.39 is 0 Å². The predicted molar refractivity (Wildman–Crippen MR) is 55.8 cm³/mol. The molecule has 0 spiro atoms. The van der Waals surface area contributed by atoms with Crippen LogP contribution in [0.5, 0.6) is 0 Å². The first-order valence-electron chi connectivity index (χ1n) is 5.33. The Morgan fingerprint density at radius 3 is 3.00 bits per heavy atom. The largest absolute Gasteiger partial charge is 0.310 e. The molecule has 1 aliphatic rings. The molecule has 1 fully saturated rings. The number of hydrogen-bond acceptors (Lipinski definition) is 1. The summed E-state index contributed by atoms with van der Waals surface area (Å²) in [5.74, 6) is -0.0521. The first kappa shape index (κ1) is 9.66. The molecule has 76 valence electrons. The van der Waals surface area contributed by atoms with Gasteiger partial charge < -0.3 is 5.32 Å². The highest BCUT2D eigenvalue weighted by molar-refractivity contribution is 5.32. The summed E-state index contributed by atoms with van der Waals surface area (Å²) in [5, 5.41) is 3.35. The van der Waals surface area contributed by atoms with Crippen molar-refractivity contribution in [2.75, 3.05) is 6.54 Å². The molecule has 1 atom stereocenters. The van der Waals surface area contributed by atoms with Crippen LogP contribution in [0.15, 0.2) is 18.2 Å². The van der Waals surface area contributed by atoms with Gasteiger partial charge in [0.2, 0.25) is 0 Å². The number of aryl methyl sites for hydroxylation is 1. The molecule has 1 aromatic carbocycles. The molecule has 1 heterocycles. The molecule has 1 saturated heterocycles. The molecule has 14 heavy (non-hydrogen) atoms. The van der Waals surface area contributed by atoms with Crippen molar-refractivity contribution in [3.63, 3.8) is 0 Å². The van der Waals surface area contributed by atoms with Gasteiger partial charge in [-0.25, -0.2) is 4.39 Å². The van der Waals surface area contributed by atoms with E-state index in [1.807, 2.05) is 6.07 Å². The minimum Gasteiger partial charge on any atom is -0.310 e. The Morgan fingerprint density at radius 2 is 2.36 bits per heavy atom. The standard InChI is InChI=1S/C12H16FN/c1-2-9-5-3-6-10(13)12(9)11-7-4-8-14-11/h3,5-6,11,14H,2,4,7-8H2,1H3. The fourth-order valence-electron chi connectivity index (χ4n) is 2.21. The summed E-state index contributed by atoms with van der Waals surface area (Å²) in [4.78, 5) is 0. The van der Waals surface area contributed by atoms with E-state index >= 15 is 0 Å². The van der Waals surface area contributed by atoms with E-state index in [0.29, 0.717) is 0 Å². The van der Waals surface area contributed by atoms with Crippen molar-refractivity contribution in [1.82, 2.24) is 5.32 Å². The monoisotopic (exact) mass is 193 g/mol. The average Bonchev–Trinajstić information content (AvgIpc) is 2.70. The van der Waals surface area contributed by atoms with Gasteiger partial charge in [0.1, 0.15) is 5.82 Å². The fourth-order valence-corrected chi connectivity index (χ4v) is 2.21. The Balaban J connectivity index is 2.37. The highest BCUT2D eigenvalue weighted by atomic mass is 19.1. The molecule has 1 N–H and O–H groups in total. The summed E-state index contributed by atoms with van der Waals surface area (Å²) in [5.41, 5.74) is 2.04. The zero-order valence-corrected chi connectivity index (χ0v) is 8.52. The third-order valence-electron chi connectivity index (χ3n) is 2.93. The maximum atomic E-state index is 13.6. The first-order chi connectivity index (χ1) is 6.83. The van der Waals surface area contributed by atoms with Crippen LogP contribution in [0.1, 0.15) is 36.9 Å². The van der Waals surface area contributed by atoms with Crippen molar-refractivity contribution in [1.29, 1.82) is 0 Å². The molecule has 2 heteroatoms. The number of benzene rings is 1. The maximum absolute atomic E-state index is 13.6. The minimum atomic E-state index is -0.0521. The van der Waals surface area contributed by atoms with E-state index in [4.69, 9.17) is 0 Å². The summed E-state index contributed by atoms with van der Waals surface area (Å²) in [6.45, 7) is 3.09. The van der Waals surface area contributed by atoms with Gasteiger partial charge in [-0.15, -0.1) is 0 Å². The lowest BCUT2D eigenvalue weighted by atomic mass is 9.97. The van der Waals surface area contributed by atoms with Crippen LogP contribution in [0.3, 0.4) is 0 Å². The second-order valence-corrected chi connectivity index (χ2v) is 3.82. The first-order valence-corrected chi connectivity index (χ1v) is 5.33. The SMILES string of the molecule is CCc1cccc(F)c1C1CCCN1. The normalized spacial score (nSPS) is 21.4. The van der Waals surface area contributed by atoms with E-state index in [2.05, 4.69) is 12.2 Å². The van der Waals surface area contributed by atoms with Crippen molar-refractivity contribution in [2.45, 2.75) is 32.2 Å². The molecule has 2 rings (SSSR count). The Bertz CT molecular complexity index is 316. The quantitative estimate of drug-likeness (QED) is 0.761. The molecular weight excluding hydrogens is 177 g/mol. The van der Waals surface area contributed by atoms with E-state index in [0.717, 1.165) is 36.9 Å². The van der Waals surface area contributed by atoms with Crippen LogP contribution in [-0.4, -0.2) is 6.54 Å². The van der Waals surface area contributed by atoms with E-state index in [1.54, 1.807) is 12.1 Å². The van der Waals surface area contributed by atoms with Crippen LogP contribution in [0.4, 0.5) is 4.39 Å². The highest BCUT2D eigenvalue weighted by Crippen LogP contribution is 2.28. The number of rotatable bonds is 2. The topological polar surface area (TPSA) is 12.0 Å².